The first-order valence-corrected chi connectivity index (χ1v) is 8.03. The first kappa shape index (κ1) is 15.2. The Morgan fingerprint density at radius 2 is 1.90 bits per heavy atom. The lowest BCUT2D eigenvalue weighted by Crippen LogP contribution is -2.15. The molecule has 0 saturated carbocycles. The van der Waals surface area contributed by atoms with Gasteiger partial charge in [-0.25, -0.2) is 8.42 Å². The summed E-state index contributed by atoms with van der Waals surface area (Å²) in [5.41, 5.74) is 7.22. The summed E-state index contributed by atoms with van der Waals surface area (Å²) in [7, 11) is -3.71. The van der Waals surface area contributed by atoms with E-state index in [1.165, 1.54) is 6.07 Å². The van der Waals surface area contributed by atoms with Gasteiger partial charge in [0.15, 0.2) is 0 Å². The minimum Gasteiger partial charge on any atom is -0.494 e. The third-order valence-electron chi connectivity index (χ3n) is 2.96. The van der Waals surface area contributed by atoms with Gasteiger partial charge in [-0.05, 0) is 49.7 Å². The second kappa shape index (κ2) is 6.05. The molecule has 0 aliphatic rings. The smallest absolute Gasteiger partial charge is 0.263 e. The number of ether oxygens (including phenoxy) is 1. The highest BCUT2D eigenvalue weighted by atomic mass is 32.2. The van der Waals surface area contributed by atoms with E-state index in [1.54, 1.807) is 36.4 Å². The van der Waals surface area contributed by atoms with Crippen LogP contribution in [-0.2, 0) is 10.0 Å². The van der Waals surface area contributed by atoms with Crippen molar-refractivity contribution < 1.29 is 13.2 Å². The third kappa shape index (κ3) is 3.46. The number of nitrogens with one attached hydrogen (secondary N) is 1. The van der Waals surface area contributed by atoms with E-state index in [0.29, 0.717) is 18.0 Å². The summed E-state index contributed by atoms with van der Waals surface area (Å²) in [6, 6.07) is 11.5. The molecule has 0 atom stereocenters. The van der Waals surface area contributed by atoms with Crippen molar-refractivity contribution >= 4 is 21.4 Å². The van der Waals surface area contributed by atoms with E-state index in [1.807, 2.05) is 13.8 Å². The van der Waals surface area contributed by atoms with Crippen molar-refractivity contribution in [3.05, 3.63) is 48.0 Å². The molecular formula is C15H18N2O3S. The highest BCUT2D eigenvalue weighted by Crippen LogP contribution is 2.25. The number of anilines is 2. The Morgan fingerprint density at radius 3 is 2.52 bits per heavy atom. The third-order valence-corrected chi connectivity index (χ3v) is 4.40. The van der Waals surface area contributed by atoms with Gasteiger partial charge in [0.25, 0.3) is 10.0 Å². The van der Waals surface area contributed by atoms with Crippen molar-refractivity contribution in [2.75, 3.05) is 17.1 Å². The monoisotopic (exact) mass is 306 g/mol. The van der Waals surface area contributed by atoms with Crippen LogP contribution in [0.1, 0.15) is 12.5 Å². The van der Waals surface area contributed by atoms with Gasteiger partial charge in [0.1, 0.15) is 10.6 Å². The molecule has 0 heterocycles. The summed E-state index contributed by atoms with van der Waals surface area (Å²) in [4.78, 5) is 0.0679. The van der Waals surface area contributed by atoms with Gasteiger partial charge in [-0.1, -0.05) is 12.1 Å². The predicted octanol–water partition coefficient (Wildman–Crippen LogP) is 2.78. The molecule has 21 heavy (non-hydrogen) atoms. The quantitative estimate of drug-likeness (QED) is 0.832. The molecule has 0 aliphatic carbocycles. The topological polar surface area (TPSA) is 81.4 Å². The van der Waals surface area contributed by atoms with Crippen molar-refractivity contribution in [3.63, 3.8) is 0 Å². The van der Waals surface area contributed by atoms with E-state index in [4.69, 9.17) is 10.5 Å². The van der Waals surface area contributed by atoms with Crippen molar-refractivity contribution in [1.82, 2.24) is 0 Å². The van der Waals surface area contributed by atoms with E-state index in [0.717, 1.165) is 5.56 Å². The Hall–Kier alpha value is -2.21. The van der Waals surface area contributed by atoms with E-state index < -0.39 is 10.0 Å². The number of benzene rings is 2. The van der Waals surface area contributed by atoms with Crippen LogP contribution in [0.2, 0.25) is 0 Å². The number of hydrogen-bond donors (Lipinski definition) is 2. The van der Waals surface area contributed by atoms with Crippen LogP contribution in [0, 0.1) is 6.92 Å². The van der Waals surface area contributed by atoms with Gasteiger partial charge in [-0.15, -0.1) is 0 Å². The second-order valence-corrected chi connectivity index (χ2v) is 6.20. The van der Waals surface area contributed by atoms with Crippen LogP contribution in [0.3, 0.4) is 0 Å². The predicted molar refractivity (Wildman–Crippen MR) is 84.0 cm³/mol. The molecule has 0 spiro atoms. The molecule has 2 aromatic carbocycles. The summed E-state index contributed by atoms with van der Waals surface area (Å²) in [6.07, 6.45) is 0. The normalized spacial score (nSPS) is 11.1. The Bertz CT molecular complexity index is 742. The number of aryl methyl sites for hydroxylation is 1. The second-order valence-electron chi connectivity index (χ2n) is 4.55. The lowest BCUT2D eigenvalue weighted by Gasteiger charge is -2.13. The van der Waals surface area contributed by atoms with Crippen molar-refractivity contribution in [2.45, 2.75) is 18.7 Å². The van der Waals surface area contributed by atoms with Gasteiger partial charge < -0.3 is 10.5 Å². The van der Waals surface area contributed by atoms with Crippen LogP contribution < -0.4 is 15.2 Å². The highest BCUT2D eigenvalue weighted by molar-refractivity contribution is 7.92. The van der Waals surface area contributed by atoms with E-state index in [2.05, 4.69) is 4.72 Å². The molecule has 6 heteroatoms. The average molecular weight is 306 g/mol. The van der Waals surface area contributed by atoms with Gasteiger partial charge in [-0.2, -0.15) is 0 Å². The molecule has 0 bridgehead atoms. The fourth-order valence-corrected chi connectivity index (χ4v) is 3.20. The number of para-hydroxylation sites is 1. The van der Waals surface area contributed by atoms with Crippen molar-refractivity contribution in [3.8, 4) is 5.75 Å². The molecule has 0 aromatic heterocycles. The number of nitrogen functional groups attached to an aromatic ring is 1. The number of rotatable bonds is 5. The highest BCUT2D eigenvalue weighted by Gasteiger charge is 2.17. The molecule has 3 N–H and O–H groups in total. The van der Waals surface area contributed by atoms with Gasteiger partial charge in [-0.3, -0.25) is 4.72 Å². The Kier molecular flexibility index (Phi) is 4.37. The van der Waals surface area contributed by atoms with Gasteiger partial charge in [0.05, 0.1) is 18.0 Å². The summed E-state index contributed by atoms with van der Waals surface area (Å²) in [6.45, 7) is 4.27. The zero-order chi connectivity index (χ0) is 15.5. The van der Waals surface area contributed by atoms with E-state index >= 15 is 0 Å². The minimum absolute atomic E-state index is 0.0679. The molecule has 0 amide bonds. The fraction of sp³-hybridized carbons (Fsp3) is 0.200. The summed E-state index contributed by atoms with van der Waals surface area (Å²) < 4.78 is 32.7. The van der Waals surface area contributed by atoms with Crippen LogP contribution >= 0.6 is 0 Å². The molecule has 2 rings (SSSR count). The van der Waals surface area contributed by atoms with E-state index in [9.17, 15) is 8.42 Å². The first-order chi connectivity index (χ1) is 9.94. The molecule has 0 fully saturated rings. The number of sulfonamides is 1. The van der Waals surface area contributed by atoms with Crippen LogP contribution in [0.5, 0.6) is 5.75 Å². The lowest BCUT2D eigenvalue weighted by molar-refractivity contribution is 0.340. The summed E-state index contributed by atoms with van der Waals surface area (Å²) >= 11 is 0. The maximum Gasteiger partial charge on any atom is 0.263 e. The largest absolute Gasteiger partial charge is 0.494 e. The Balaban J connectivity index is 2.31. The number of hydrogen-bond acceptors (Lipinski definition) is 4. The Morgan fingerprint density at radius 1 is 1.19 bits per heavy atom. The summed E-state index contributed by atoms with van der Waals surface area (Å²) in [5.74, 6) is 0.706. The molecule has 5 nitrogen and oxygen atoms in total. The van der Waals surface area contributed by atoms with Crippen LogP contribution in [0.25, 0.3) is 0 Å². The molecule has 0 aliphatic heterocycles. The minimum atomic E-state index is -3.71. The zero-order valence-electron chi connectivity index (χ0n) is 12.0. The zero-order valence-corrected chi connectivity index (χ0v) is 12.8. The first-order valence-electron chi connectivity index (χ1n) is 6.55. The molecule has 0 unspecified atom stereocenters. The Labute approximate surface area is 124 Å². The number of nitrogens with two attached hydrogens (primary N) is 1. The van der Waals surface area contributed by atoms with Gasteiger partial charge >= 0.3 is 0 Å². The fourth-order valence-electron chi connectivity index (χ4n) is 1.93. The maximum absolute atomic E-state index is 12.4. The van der Waals surface area contributed by atoms with Crippen LogP contribution in [-0.4, -0.2) is 15.0 Å². The van der Waals surface area contributed by atoms with Gasteiger partial charge in [0.2, 0.25) is 0 Å². The molecule has 0 radical (unpaired) electrons. The average Bonchev–Trinajstić information content (AvgIpc) is 2.42. The van der Waals surface area contributed by atoms with Crippen molar-refractivity contribution in [1.29, 1.82) is 0 Å². The standard InChI is InChI=1S/C15H18N2O3S/c1-3-20-12-8-9-14(11(2)10-12)17-21(18,19)15-7-5-4-6-13(15)16/h4-10,17H,3,16H2,1-2H3. The molecule has 0 saturated heterocycles. The maximum atomic E-state index is 12.4. The van der Waals surface area contributed by atoms with Gasteiger partial charge in [0, 0.05) is 0 Å². The molecule has 2 aromatic rings. The molecular weight excluding hydrogens is 288 g/mol. The van der Waals surface area contributed by atoms with Crippen LogP contribution in [0.15, 0.2) is 47.4 Å². The van der Waals surface area contributed by atoms with E-state index in [-0.39, 0.29) is 10.6 Å². The van der Waals surface area contributed by atoms with Crippen LogP contribution in [0.4, 0.5) is 11.4 Å². The lowest BCUT2D eigenvalue weighted by atomic mass is 10.2. The molecule has 112 valence electrons. The SMILES string of the molecule is CCOc1ccc(NS(=O)(=O)c2ccccc2N)c(C)c1. The van der Waals surface area contributed by atoms with Crippen molar-refractivity contribution in [2.24, 2.45) is 0 Å². The summed E-state index contributed by atoms with van der Waals surface area (Å²) in [5, 5.41) is 0.